The lowest BCUT2D eigenvalue weighted by molar-refractivity contribution is 0.304. The Morgan fingerprint density at radius 3 is 2.58 bits per heavy atom. The second kappa shape index (κ2) is 3.76. The van der Waals surface area contributed by atoms with Gasteiger partial charge in [0.05, 0.1) is 0 Å². The largest absolute Gasteiger partial charge is 0.244 e. The van der Waals surface area contributed by atoms with Crippen molar-refractivity contribution in [2.45, 2.75) is 20.8 Å². The smallest absolute Gasteiger partial charge is 0.143 e. The van der Waals surface area contributed by atoms with Crippen LogP contribution in [0.2, 0.25) is 0 Å². The average Bonchev–Trinajstić information content (AvgIpc) is 2.33. The molecule has 0 aliphatic heterocycles. The fourth-order valence-corrected chi connectivity index (χ4v) is 1.36. The molecule has 0 saturated carbocycles. The molecule has 0 aliphatic carbocycles. The summed E-state index contributed by atoms with van der Waals surface area (Å²) < 4.78 is 4.56. The monoisotopic (exact) mass is 184 g/mol. The van der Waals surface area contributed by atoms with Crippen LogP contribution in [-0.4, -0.2) is 10.3 Å². The fraction of sp³-hybridized carbons (Fsp3) is 0.500. The lowest BCUT2D eigenvalue weighted by Gasteiger charge is -1.97. The van der Waals surface area contributed by atoms with E-state index in [1.807, 2.05) is 13.0 Å². The zero-order chi connectivity index (χ0) is 9.14. The van der Waals surface area contributed by atoms with Crippen LogP contribution in [0.3, 0.4) is 0 Å². The molecule has 4 heteroatoms. The molecule has 0 saturated heterocycles. The van der Waals surface area contributed by atoms with Gasteiger partial charge in [-0.25, -0.2) is 4.63 Å². The average molecular weight is 184 g/mol. The molecule has 12 heavy (non-hydrogen) atoms. The Kier molecular flexibility index (Phi) is 2.92. The maximum atomic E-state index is 4.56. The van der Waals surface area contributed by atoms with E-state index in [0.29, 0.717) is 5.92 Å². The quantitative estimate of drug-likeness (QED) is 0.717. The zero-order valence-electron chi connectivity index (χ0n) is 7.40. The lowest BCUT2D eigenvalue weighted by Crippen LogP contribution is -1.85. The maximum Gasteiger partial charge on any atom is 0.143 e. The highest BCUT2D eigenvalue weighted by molar-refractivity contribution is 7.90. The van der Waals surface area contributed by atoms with E-state index >= 15 is 0 Å². The van der Waals surface area contributed by atoms with E-state index in [2.05, 4.69) is 41.4 Å². The fourth-order valence-electron chi connectivity index (χ4n) is 0.859. The number of aryl methyl sites for hydroxylation is 1. The highest BCUT2D eigenvalue weighted by Gasteiger charge is 2.07. The summed E-state index contributed by atoms with van der Waals surface area (Å²) in [6.45, 7) is 6.01. The van der Waals surface area contributed by atoms with E-state index in [9.17, 15) is 0 Å². The third-order valence-electron chi connectivity index (χ3n) is 1.39. The van der Waals surface area contributed by atoms with Crippen LogP contribution in [0.4, 0.5) is 0 Å². The van der Waals surface area contributed by atoms with Gasteiger partial charge in [0, 0.05) is 4.91 Å². The van der Waals surface area contributed by atoms with Gasteiger partial charge in [0.25, 0.3) is 0 Å². The summed E-state index contributed by atoms with van der Waals surface area (Å²) >= 11 is 4.29. The van der Waals surface area contributed by atoms with Gasteiger partial charge in [-0.3, -0.25) is 0 Å². The van der Waals surface area contributed by atoms with Crippen LogP contribution in [0.5, 0.6) is 0 Å². The third-order valence-corrected chi connectivity index (χ3v) is 1.75. The Bertz CT molecular complexity index is 291. The molecule has 0 spiro atoms. The van der Waals surface area contributed by atoms with Crippen molar-refractivity contribution in [2.75, 3.05) is 0 Å². The lowest BCUT2D eigenvalue weighted by atomic mass is 10.2. The van der Waals surface area contributed by atoms with Crippen LogP contribution in [0, 0.1) is 12.8 Å². The number of hydrogen-bond donors (Lipinski definition) is 1. The van der Waals surface area contributed by atoms with Crippen molar-refractivity contribution in [1.82, 2.24) is 10.3 Å². The topological polar surface area (TPSA) is 38.9 Å². The van der Waals surface area contributed by atoms with E-state index in [-0.39, 0.29) is 0 Å². The van der Waals surface area contributed by atoms with E-state index in [4.69, 9.17) is 0 Å². The first-order valence-electron chi connectivity index (χ1n) is 3.81. The summed E-state index contributed by atoms with van der Waals surface area (Å²) in [5.74, 6) is 0.452. The third kappa shape index (κ3) is 2.11. The first kappa shape index (κ1) is 9.32. The second-order valence-electron chi connectivity index (χ2n) is 2.99. The molecule has 0 atom stereocenters. The van der Waals surface area contributed by atoms with Crippen LogP contribution in [0.1, 0.15) is 25.2 Å². The first-order valence-corrected chi connectivity index (χ1v) is 4.26. The van der Waals surface area contributed by atoms with Crippen molar-refractivity contribution in [1.29, 1.82) is 0 Å². The molecule has 1 aromatic rings. The van der Waals surface area contributed by atoms with Gasteiger partial charge in [0.1, 0.15) is 11.4 Å². The summed E-state index contributed by atoms with van der Waals surface area (Å²) in [5.41, 5.74) is 1.50. The summed E-state index contributed by atoms with van der Waals surface area (Å²) in [6, 6.07) is 0. The molecular weight excluding hydrogens is 172 g/mol. The van der Waals surface area contributed by atoms with Gasteiger partial charge in [0.2, 0.25) is 0 Å². The maximum absolute atomic E-state index is 4.56. The van der Waals surface area contributed by atoms with Crippen LogP contribution in [0.15, 0.2) is 10.7 Å². The molecule has 0 aliphatic rings. The molecule has 1 heterocycles. The van der Waals surface area contributed by atoms with Crippen molar-refractivity contribution in [3.8, 4) is 0 Å². The predicted octanol–water partition coefficient (Wildman–Crippen LogP) is 2.30. The first-order chi connectivity index (χ1) is 5.61. The van der Waals surface area contributed by atoms with Crippen molar-refractivity contribution >= 4 is 17.5 Å². The van der Waals surface area contributed by atoms with Crippen LogP contribution >= 0.6 is 12.6 Å². The number of nitrogens with zero attached hydrogens (tertiary/aromatic N) is 2. The molecule has 3 nitrogen and oxygen atoms in total. The standard InChI is InChI=1S/C8H12N2OS/c1-5(2)4-7(12)8-6(3)9-11-10-8/h4-5,12H,1-3H3/b7-4+. The molecule has 0 radical (unpaired) electrons. The number of hydrogen-bond acceptors (Lipinski definition) is 4. The molecule has 0 aromatic carbocycles. The Morgan fingerprint density at radius 1 is 1.50 bits per heavy atom. The van der Waals surface area contributed by atoms with Crippen LogP contribution < -0.4 is 0 Å². The van der Waals surface area contributed by atoms with Gasteiger partial charge in [0.15, 0.2) is 0 Å². The van der Waals surface area contributed by atoms with Crippen LogP contribution in [0.25, 0.3) is 4.91 Å². The minimum atomic E-state index is 0.452. The molecular formula is C8H12N2OS. The Morgan fingerprint density at radius 2 is 2.17 bits per heavy atom. The summed E-state index contributed by atoms with van der Waals surface area (Å²) in [6.07, 6.45) is 2.01. The number of rotatable bonds is 2. The molecule has 0 bridgehead atoms. The zero-order valence-corrected chi connectivity index (χ0v) is 8.30. The number of allylic oxidation sites excluding steroid dienone is 1. The molecule has 0 unspecified atom stereocenters. The Balaban J connectivity index is 2.92. The van der Waals surface area contributed by atoms with Crippen LogP contribution in [-0.2, 0) is 0 Å². The molecule has 66 valence electrons. The molecule has 1 rings (SSSR count). The predicted molar refractivity (Wildman–Crippen MR) is 50.8 cm³/mol. The van der Waals surface area contributed by atoms with Gasteiger partial charge in [-0.05, 0) is 18.0 Å². The SMILES string of the molecule is Cc1nonc1/C(S)=C\C(C)C. The van der Waals surface area contributed by atoms with Gasteiger partial charge in [-0.15, -0.1) is 12.6 Å². The van der Waals surface area contributed by atoms with Crippen molar-refractivity contribution in [3.05, 3.63) is 17.5 Å². The summed E-state index contributed by atoms with van der Waals surface area (Å²) in [5, 5.41) is 7.41. The van der Waals surface area contributed by atoms with Gasteiger partial charge >= 0.3 is 0 Å². The van der Waals surface area contributed by atoms with E-state index in [0.717, 1.165) is 16.3 Å². The normalized spacial score (nSPS) is 12.6. The van der Waals surface area contributed by atoms with Gasteiger partial charge in [-0.1, -0.05) is 25.1 Å². The minimum Gasteiger partial charge on any atom is -0.244 e. The highest BCUT2D eigenvalue weighted by atomic mass is 32.1. The van der Waals surface area contributed by atoms with Crippen molar-refractivity contribution in [2.24, 2.45) is 5.92 Å². The Hall–Kier alpha value is -0.770. The number of aromatic nitrogens is 2. The molecule has 0 fully saturated rings. The second-order valence-corrected chi connectivity index (χ2v) is 3.48. The summed E-state index contributed by atoms with van der Waals surface area (Å²) in [4.78, 5) is 0.823. The number of thiol groups is 1. The minimum absolute atomic E-state index is 0.452. The van der Waals surface area contributed by atoms with Crippen molar-refractivity contribution < 1.29 is 4.63 Å². The molecule has 0 amide bonds. The van der Waals surface area contributed by atoms with Crippen molar-refractivity contribution in [3.63, 3.8) is 0 Å². The van der Waals surface area contributed by atoms with Gasteiger partial charge in [-0.2, -0.15) is 0 Å². The molecule has 0 N–H and O–H groups in total. The Labute approximate surface area is 77.2 Å². The van der Waals surface area contributed by atoms with E-state index in [1.165, 1.54) is 0 Å². The van der Waals surface area contributed by atoms with E-state index in [1.54, 1.807) is 0 Å². The highest BCUT2D eigenvalue weighted by Crippen LogP contribution is 2.20. The van der Waals surface area contributed by atoms with Gasteiger partial charge < -0.3 is 0 Å². The summed E-state index contributed by atoms with van der Waals surface area (Å²) in [7, 11) is 0. The van der Waals surface area contributed by atoms with E-state index < -0.39 is 0 Å². The molecule has 1 aromatic heterocycles.